The van der Waals surface area contributed by atoms with Crippen LogP contribution in [0.4, 0.5) is 5.69 Å². The summed E-state index contributed by atoms with van der Waals surface area (Å²) in [6.07, 6.45) is 0.926. The highest BCUT2D eigenvalue weighted by molar-refractivity contribution is 8.15. The minimum absolute atomic E-state index is 0.0890. The van der Waals surface area contributed by atoms with Gasteiger partial charge in [0, 0.05) is 12.1 Å². The Kier molecular flexibility index (Phi) is 4.21. The lowest BCUT2D eigenvalue weighted by molar-refractivity contribution is -0.121. The maximum atomic E-state index is 11.9. The van der Waals surface area contributed by atoms with Gasteiger partial charge in [-0.1, -0.05) is 36.9 Å². The van der Waals surface area contributed by atoms with E-state index in [-0.39, 0.29) is 23.4 Å². The molecule has 1 heterocycles. The Labute approximate surface area is 115 Å². The second-order valence-electron chi connectivity index (χ2n) is 4.16. The van der Waals surface area contributed by atoms with Gasteiger partial charge in [0.05, 0.1) is 0 Å². The number of hydrogen-bond donors (Lipinski definition) is 2. The summed E-state index contributed by atoms with van der Waals surface area (Å²) in [5, 5.41) is 2.57. The number of carbonyl (C=O) groups excluding carboxylic acids is 2. The van der Waals surface area contributed by atoms with Crippen LogP contribution in [0.25, 0.3) is 0 Å². The minimum atomic E-state index is -0.492. The largest absolute Gasteiger partial charge is 0.378 e. The molecule has 5 nitrogen and oxygen atoms in total. The average molecular weight is 277 g/mol. The summed E-state index contributed by atoms with van der Waals surface area (Å²) in [6.45, 7) is 2.02. The summed E-state index contributed by atoms with van der Waals surface area (Å²) in [6, 6.07) is 7.61. The summed E-state index contributed by atoms with van der Waals surface area (Å²) in [4.78, 5) is 27.0. The van der Waals surface area contributed by atoms with Gasteiger partial charge in [-0.25, -0.2) is 0 Å². The topological polar surface area (TPSA) is 84.6 Å². The third-order valence-electron chi connectivity index (χ3n) is 2.80. The molecule has 1 aliphatic heterocycles. The number of nitrogens with one attached hydrogen (secondary N) is 1. The summed E-state index contributed by atoms with van der Waals surface area (Å²) < 4.78 is 0. The molecule has 2 amide bonds. The number of aryl methyl sites for hydroxylation is 1. The zero-order chi connectivity index (χ0) is 13.8. The fourth-order valence-corrected chi connectivity index (χ4v) is 2.67. The molecule has 0 saturated carbocycles. The SMILES string of the molecule is CCc1ccccc1NC(=O)C[C@@H]1SC(N)=NC1=O. The van der Waals surface area contributed by atoms with Gasteiger partial charge in [0.2, 0.25) is 5.91 Å². The molecule has 2 rings (SSSR count). The number of amides is 2. The molecular formula is C13H15N3O2S. The number of aliphatic imine (C=N–C) groups is 1. The van der Waals surface area contributed by atoms with Crippen LogP contribution in [0.5, 0.6) is 0 Å². The molecule has 0 bridgehead atoms. The fourth-order valence-electron chi connectivity index (χ4n) is 1.85. The van der Waals surface area contributed by atoms with Gasteiger partial charge in [-0.15, -0.1) is 0 Å². The fraction of sp³-hybridized carbons (Fsp3) is 0.308. The molecule has 1 aliphatic rings. The van der Waals surface area contributed by atoms with Crippen molar-refractivity contribution in [2.45, 2.75) is 25.0 Å². The van der Waals surface area contributed by atoms with Gasteiger partial charge in [0.25, 0.3) is 5.91 Å². The number of para-hydroxylation sites is 1. The van der Waals surface area contributed by atoms with E-state index in [0.29, 0.717) is 0 Å². The van der Waals surface area contributed by atoms with Crippen molar-refractivity contribution in [1.29, 1.82) is 0 Å². The Bertz CT molecular complexity index is 542. The van der Waals surface area contributed by atoms with Crippen LogP contribution in [0.2, 0.25) is 0 Å². The zero-order valence-corrected chi connectivity index (χ0v) is 11.4. The van der Waals surface area contributed by atoms with Crippen LogP contribution in [-0.2, 0) is 16.0 Å². The number of hydrogen-bond acceptors (Lipinski definition) is 4. The summed E-state index contributed by atoms with van der Waals surface area (Å²) in [7, 11) is 0. The third kappa shape index (κ3) is 3.35. The molecule has 3 N–H and O–H groups in total. The Morgan fingerprint density at radius 3 is 2.84 bits per heavy atom. The second-order valence-corrected chi connectivity index (χ2v) is 5.38. The first kappa shape index (κ1) is 13.6. The van der Waals surface area contributed by atoms with Crippen LogP contribution in [0.15, 0.2) is 29.3 Å². The van der Waals surface area contributed by atoms with Crippen molar-refractivity contribution in [2.24, 2.45) is 10.7 Å². The van der Waals surface area contributed by atoms with E-state index in [1.807, 2.05) is 31.2 Å². The minimum Gasteiger partial charge on any atom is -0.378 e. The van der Waals surface area contributed by atoms with Crippen molar-refractivity contribution in [1.82, 2.24) is 0 Å². The maximum absolute atomic E-state index is 11.9. The number of nitrogens with zero attached hydrogens (tertiary/aromatic N) is 1. The molecule has 0 fully saturated rings. The van der Waals surface area contributed by atoms with Gasteiger partial charge in [-0.2, -0.15) is 4.99 Å². The van der Waals surface area contributed by atoms with Gasteiger partial charge < -0.3 is 11.1 Å². The van der Waals surface area contributed by atoms with E-state index < -0.39 is 5.25 Å². The van der Waals surface area contributed by atoms with E-state index in [1.165, 1.54) is 0 Å². The predicted molar refractivity (Wildman–Crippen MR) is 77.1 cm³/mol. The highest BCUT2D eigenvalue weighted by Crippen LogP contribution is 2.23. The third-order valence-corrected chi connectivity index (χ3v) is 3.79. The normalized spacial score (nSPS) is 18.3. The smallest absolute Gasteiger partial charge is 0.262 e. The van der Waals surface area contributed by atoms with Crippen LogP contribution in [0, 0.1) is 0 Å². The molecule has 0 spiro atoms. The lowest BCUT2D eigenvalue weighted by Gasteiger charge is -2.11. The average Bonchev–Trinajstić information content (AvgIpc) is 2.68. The highest BCUT2D eigenvalue weighted by atomic mass is 32.2. The van der Waals surface area contributed by atoms with Crippen molar-refractivity contribution < 1.29 is 9.59 Å². The number of carbonyl (C=O) groups is 2. The zero-order valence-electron chi connectivity index (χ0n) is 10.6. The van der Waals surface area contributed by atoms with Gasteiger partial charge >= 0.3 is 0 Å². The second kappa shape index (κ2) is 5.88. The number of benzene rings is 1. The van der Waals surface area contributed by atoms with E-state index in [0.717, 1.165) is 29.4 Å². The maximum Gasteiger partial charge on any atom is 0.262 e. The number of thioether (sulfide) groups is 1. The van der Waals surface area contributed by atoms with Crippen LogP contribution < -0.4 is 11.1 Å². The summed E-state index contributed by atoms with van der Waals surface area (Å²) >= 11 is 1.14. The quantitative estimate of drug-likeness (QED) is 0.874. The van der Waals surface area contributed by atoms with E-state index in [2.05, 4.69) is 10.3 Å². The first-order chi connectivity index (χ1) is 9.10. The van der Waals surface area contributed by atoms with Crippen molar-refractivity contribution in [3.8, 4) is 0 Å². The summed E-state index contributed by atoms with van der Waals surface area (Å²) in [5.74, 6) is -0.530. The first-order valence-electron chi connectivity index (χ1n) is 6.02. The van der Waals surface area contributed by atoms with E-state index >= 15 is 0 Å². The number of rotatable bonds is 4. The number of nitrogens with two attached hydrogens (primary N) is 1. The molecule has 0 radical (unpaired) electrons. The van der Waals surface area contributed by atoms with Gasteiger partial charge in [0.1, 0.15) is 5.25 Å². The van der Waals surface area contributed by atoms with Gasteiger partial charge in [0.15, 0.2) is 5.17 Å². The predicted octanol–water partition coefficient (Wildman–Crippen LogP) is 1.53. The van der Waals surface area contributed by atoms with Crippen molar-refractivity contribution in [3.05, 3.63) is 29.8 Å². The molecule has 6 heteroatoms. The Balaban J connectivity index is 1.97. The van der Waals surface area contributed by atoms with Crippen LogP contribution in [0.1, 0.15) is 18.9 Å². The Morgan fingerprint density at radius 2 is 2.21 bits per heavy atom. The van der Waals surface area contributed by atoms with Crippen molar-refractivity contribution in [2.75, 3.05) is 5.32 Å². The van der Waals surface area contributed by atoms with Gasteiger partial charge in [-0.05, 0) is 18.1 Å². The standard InChI is InChI=1S/C13H15N3O2S/c1-2-8-5-3-4-6-9(8)15-11(17)7-10-12(18)16-13(14)19-10/h3-6,10H,2,7H2,1H3,(H,15,17)(H2,14,16,18)/t10-/m0/s1. The van der Waals surface area contributed by atoms with Crippen LogP contribution >= 0.6 is 11.8 Å². The van der Waals surface area contributed by atoms with E-state index in [4.69, 9.17) is 5.73 Å². The van der Waals surface area contributed by atoms with Gasteiger partial charge in [-0.3, -0.25) is 9.59 Å². The van der Waals surface area contributed by atoms with E-state index in [1.54, 1.807) is 0 Å². The van der Waals surface area contributed by atoms with Crippen molar-refractivity contribution in [3.63, 3.8) is 0 Å². The monoisotopic (exact) mass is 277 g/mol. The van der Waals surface area contributed by atoms with Crippen LogP contribution in [0.3, 0.4) is 0 Å². The molecule has 0 saturated heterocycles. The molecule has 1 aromatic rings. The molecule has 1 aromatic carbocycles. The number of anilines is 1. The van der Waals surface area contributed by atoms with Crippen molar-refractivity contribution >= 4 is 34.4 Å². The summed E-state index contributed by atoms with van der Waals surface area (Å²) in [5.41, 5.74) is 7.31. The van der Waals surface area contributed by atoms with Crippen LogP contribution in [-0.4, -0.2) is 22.2 Å². The molecule has 0 aromatic heterocycles. The molecule has 0 unspecified atom stereocenters. The molecule has 0 aliphatic carbocycles. The molecule has 19 heavy (non-hydrogen) atoms. The molecular weight excluding hydrogens is 262 g/mol. The first-order valence-corrected chi connectivity index (χ1v) is 6.90. The number of amidine groups is 1. The lowest BCUT2D eigenvalue weighted by Crippen LogP contribution is -2.22. The highest BCUT2D eigenvalue weighted by Gasteiger charge is 2.29. The van der Waals surface area contributed by atoms with E-state index in [9.17, 15) is 9.59 Å². The Morgan fingerprint density at radius 1 is 1.47 bits per heavy atom. The molecule has 100 valence electrons. The Hall–Kier alpha value is -1.82. The lowest BCUT2D eigenvalue weighted by atomic mass is 10.1. The molecule has 1 atom stereocenters.